The van der Waals surface area contributed by atoms with Gasteiger partial charge < -0.3 is 10.6 Å². The third-order valence-electron chi connectivity index (χ3n) is 5.91. The first-order chi connectivity index (χ1) is 16.4. The Hall–Kier alpha value is -4.63. The molecule has 0 spiro atoms. The first-order valence-corrected chi connectivity index (χ1v) is 10.9. The van der Waals surface area contributed by atoms with Crippen molar-refractivity contribution in [2.24, 2.45) is 5.92 Å². The van der Waals surface area contributed by atoms with Gasteiger partial charge in [0, 0.05) is 19.2 Å². The van der Waals surface area contributed by atoms with Gasteiger partial charge >= 0.3 is 0 Å². The zero-order valence-corrected chi connectivity index (χ0v) is 18.7. The molecule has 0 amide bonds. The van der Waals surface area contributed by atoms with Crippen molar-refractivity contribution in [3.05, 3.63) is 75.5 Å². The van der Waals surface area contributed by atoms with Crippen molar-refractivity contribution in [1.29, 1.82) is 10.5 Å². The van der Waals surface area contributed by atoms with E-state index < -0.39 is 4.92 Å². The van der Waals surface area contributed by atoms with Crippen LogP contribution < -0.4 is 10.6 Å². The van der Waals surface area contributed by atoms with Gasteiger partial charge in [-0.25, -0.2) is 4.68 Å². The zero-order chi connectivity index (χ0) is 24.2. The fourth-order valence-corrected chi connectivity index (χ4v) is 4.27. The second kappa shape index (κ2) is 9.47. The first kappa shape index (κ1) is 22.6. The lowest BCUT2D eigenvalue weighted by atomic mass is 9.99. The molecule has 3 aromatic rings. The topological polar surface area (TPSA) is 138 Å². The Kier molecular flexibility index (Phi) is 6.28. The predicted molar refractivity (Wildman–Crippen MR) is 130 cm³/mol. The standard InChI is InChI=1S/C25H23N7O2/c1-17-6-5-11-30(16-17)22-10-9-18(13-23(22)32(33)34)12-19(14-26)24-21(15-27)25(28)31(29-24)20-7-3-2-4-8-20/h2-4,7-10,12-13,17H,5-6,11,16,28H2,1H3/b19-12+. The monoisotopic (exact) mass is 453 g/mol. The van der Waals surface area contributed by atoms with E-state index in [9.17, 15) is 20.6 Å². The summed E-state index contributed by atoms with van der Waals surface area (Å²) in [5.74, 6) is 0.582. The maximum Gasteiger partial charge on any atom is 0.293 e. The summed E-state index contributed by atoms with van der Waals surface area (Å²) in [5.41, 5.74) is 8.12. The summed E-state index contributed by atoms with van der Waals surface area (Å²) < 4.78 is 1.40. The molecule has 1 aliphatic heterocycles. The average molecular weight is 454 g/mol. The number of hydrogen-bond donors (Lipinski definition) is 1. The largest absolute Gasteiger partial charge is 0.382 e. The number of allylic oxidation sites excluding steroid dienone is 1. The number of nitro groups is 1. The summed E-state index contributed by atoms with van der Waals surface area (Å²) in [6.07, 6.45) is 3.59. The van der Waals surface area contributed by atoms with Crippen LogP contribution in [0.25, 0.3) is 17.3 Å². The number of hydrogen-bond acceptors (Lipinski definition) is 7. The molecule has 4 rings (SSSR count). The second-order valence-electron chi connectivity index (χ2n) is 8.34. The Morgan fingerprint density at radius 1 is 1.26 bits per heavy atom. The molecule has 1 aliphatic rings. The van der Waals surface area contributed by atoms with Gasteiger partial charge in [0.15, 0.2) is 0 Å². The average Bonchev–Trinajstić information content (AvgIpc) is 3.18. The fourth-order valence-electron chi connectivity index (χ4n) is 4.27. The predicted octanol–water partition coefficient (Wildman–Crippen LogP) is 4.53. The summed E-state index contributed by atoms with van der Waals surface area (Å²) in [5, 5.41) is 35.8. The number of aromatic nitrogens is 2. The molecule has 0 bridgehead atoms. The summed E-state index contributed by atoms with van der Waals surface area (Å²) >= 11 is 0. The lowest BCUT2D eigenvalue weighted by Crippen LogP contribution is -2.34. The van der Waals surface area contributed by atoms with Gasteiger partial charge in [-0.05, 0) is 48.6 Å². The molecule has 0 radical (unpaired) electrons. The lowest BCUT2D eigenvalue weighted by Gasteiger charge is -2.32. The van der Waals surface area contributed by atoms with Crippen molar-refractivity contribution in [2.75, 3.05) is 23.7 Å². The number of benzene rings is 2. The molecular formula is C25H23N7O2. The summed E-state index contributed by atoms with van der Waals surface area (Å²) in [6, 6.07) is 18.0. The van der Waals surface area contributed by atoms with E-state index in [0.29, 0.717) is 22.9 Å². The molecule has 170 valence electrons. The fraction of sp³-hybridized carbons (Fsp3) is 0.240. The van der Waals surface area contributed by atoms with Gasteiger partial charge in [-0.1, -0.05) is 31.2 Å². The van der Waals surface area contributed by atoms with Crippen LogP contribution in [0, 0.1) is 38.7 Å². The number of para-hydroxylation sites is 1. The van der Waals surface area contributed by atoms with Crippen LogP contribution in [-0.2, 0) is 0 Å². The quantitative estimate of drug-likeness (QED) is 0.340. The Labute approximate surface area is 197 Å². The van der Waals surface area contributed by atoms with Crippen molar-refractivity contribution in [2.45, 2.75) is 19.8 Å². The van der Waals surface area contributed by atoms with Crippen LogP contribution in [0.5, 0.6) is 0 Å². The Bertz CT molecular complexity index is 1350. The van der Waals surface area contributed by atoms with Gasteiger partial charge in [0.1, 0.15) is 34.9 Å². The van der Waals surface area contributed by atoms with E-state index in [4.69, 9.17) is 5.73 Å². The van der Waals surface area contributed by atoms with Crippen molar-refractivity contribution < 1.29 is 4.92 Å². The number of piperidine rings is 1. The molecule has 1 saturated heterocycles. The van der Waals surface area contributed by atoms with Crippen LogP contribution in [0.15, 0.2) is 48.5 Å². The first-order valence-electron chi connectivity index (χ1n) is 10.9. The minimum atomic E-state index is -0.402. The molecular weight excluding hydrogens is 430 g/mol. The zero-order valence-electron chi connectivity index (χ0n) is 18.7. The number of nitrogen functional groups attached to an aromatic ring is 1. The van der Waals surface area contributed by atoms with Crippen LogP contribution in [0.2, 0.25) is 0 Å². The molecule has 1 fully saturated rings. The van der Waals surface area contributed by atoms with E-state index in [2.05, 4.69) is 18.1 Å². The Morgan fingerprint density at radius 2 is 2.03 bits per heavy atom. The SMILES string of the molecule is CC1CCCN(c2ccc(/C=C(\C#N)c3nn(-c4ccccc4)c(N)c3C#N)cc2[N+](=O)[O-])C1. The molecule has 0 aliphatic carbocycles. The smallest absolute Gasteiger partial charge is 0.293 e. The number of nitrogens with zero attached hydrogens (tertiary/aromatic N) is 6. The third-order valence-corrected chi connectivity index (χ3v) is 5.91. The molecule has 1 aromatic heterocycles. The number of nitriles is 2. The van der Waals surface area contributed by atoms with E-state index in [1.807, 2.05) is 29.2 Å². The van der Waals surface area contributed by atoms with Gasteiger partial charge in [-0.2, -0.15) is 15.6 Å². The highest BCUT2D eigenvalue weighted by Gasteiger charge is 2.25. The van der Waals surface area contributed by atoms with E-state index in [1.54, 1.807) is 24.3 Å². The molecule has 1 unspecified atom stereocenters. The molecule has 0 saturated carbocycles. The van der Waals surface area contributed by atoms with Crippen LogP contribution in [0.1, 0.15) is 36.6 Å². The minimum absolute atomic E-state index is 0.0185. The number of nitrogens with two attached hydrogens (primary N) is 1. The van der Waals surface area contributed by atoms with Crippen molar-refractivity contribution >= 4 is 28.8 Å². The maximum absolute atomic E-state index is 11.8. The number of nitro benzene ring substituents is 1. The van der Waals surface area contributed by atoms with Crippen LogP contribution in [0.4, 0.5) is 17.2 Å². The van der Waals surface area contributed by atoms with Crippen LogP contribution in [-0.4, -0.2) is 27.8 Å². The number of rotatable bonds is 5. The minimum Gasteiger partial charge on any atom is -0.382 e. The highest BCUT2D eigenvalue weighted by atomic mass is 16.6. The van der Waals surface area contributed by atoms with E-state index in [0.717, 1.165) is 25.9 Å². The third kappa shape index (κ3) is 4.32. The Balaban J connectivity index is 1.76. The van der Waals surface area contributed by atoms with E-state index in [-0.39, 0.29) is 28.3 Å². The maximum atomic E-state index is 11.8. The second-order valence-corrected chi connectivity index (χ2v) is 8.34. The van der Waals surface area contributed by atoms with Crippen LogP contribution in [0.3, 0.4) is 0 Å². The molecule has 9 heteroatoms. The number of anilines is 2. The normalized spacial score (nSPS) is 16.0. The van der Waals surface area contributed by atoms with Crippen molar-refractivity contribution in [1.82, 2.24) is 9.78 Å². The van der Waals surface area contributed by atoms with Crippen molar-refractivity contribution in [3.8, 4) is 17.8 Å². The summed E-state index contributed by atoms with van der Waals surface area (Å²) in [6.45, 7) is 3.67. The summed E-state index contributed by atoms with van der Waals surface area (Å²) in [7, 11) is 0. The Morgan fingerprint density at radius 3 is 2.68 bits per heavy atom. The molecule has 2 heterocycles. The molecule has 1 atom stereocenters. The van der Waals surface area contributed by atoms with Gasteiger partial charge in [0.05, 0.1) is 16.2 Å². The molecule has 2 N–H and O–H groups in total. The highest BCUT2D eigenvalue weighted by molar-refractivity contribution is 5.92. The van der Waals surface area contributed by atoms with E-state index >= 15 is 0 Å². The van der Waals surface area contributed by atoms with Gasteiger partial charge in [0.25, 0.3) is 5.69 Å². The van der Waals surface area contributed by atoms with E-state index in [1.165, 1.54) is 16.8 Å². The molecule has 34 heavy (non-hydrogen) atoms. The molecule has 9 nitrogen and oxygen atoms in total. The van der Waals surface area contributed by atoms with Gasteiger partial charge in [-0.15, -0.1) is 0 Å². The lowest BCUT2D eigenvalue weighted by molar-refractivity contribution is -0.384. The van der Waals surface area contributed by atoms with Crippen LogP contribution >= 0.6 is 0 Å². The highest BCUT2D eigenvalue weighted by Crippen LogP contribution is 2.34. The summed E-state index contributed by atoms with van der Waals surface area (Å²) in [4.78, 5) is 13.5. The van der Waals surface area contributed by atoms with Gasteiger partial charge in [-0.3, -0.25) is 10.1 Å². The molecule has 2 aromatic carbocycles. The van der Waals surface area contributed by atoms with Crippen molar-refractivity contribution in [3.63, 3.8) is 0 Å². The van der Waals surface area contributed by atoms with Gasteiger partial charge in [0.2, 0.25) is 0 Å².